The molecule has 0 aliphatic heterocycles. The van der Waals surface area contributed by atoms with E-state index in [-0.39, 0.29) is 0 Å². The molecule has 0 spiro atoms. The van der Waals surface area contributed by atoms with Crippen LogP contribution >= 0.6 is 0 Å². The van der Waals surface area contributed by atoms with E-state index in [1.807, 2.05) is 12.1 Å². The molecular formula is C13H13NO. The van der Waals surface area contributed by atoms with Crippen LogP contribution in [0.1, 0.15) is 17.7 Å². The first kappa shape index (κ1) is 8.72. The van der Waals surface area contributed by atoms with E-state index in [4.69, 9.17) is 4.74 Å². The van der Waals surface area contributed by atoms with Gasteiger partial charge in [-0.15, -0.1) is 0 Å². The number of hydrogen-bond acceptors (Lipinski definition) is 2. The van der Waals surface area contributed by atoms with Crippen molar-refractivity contribution in [3.05, 3.63) is 35.5 Å². The molecule has 0 N–H and O–H groups in total. The number of rotatable bonds is 1. The van der Waals surface area contributed by atoms with Crippen LogP contribution in [0.4, 0.5) is 0 Å². The van der Waals surface area contributed by atoms with E-state index in [2.05, 4.69) is 17.1 Å². The van der Waals surface area contributed by atoms with Gasteiger partial charge in [-0.3, -0.25) is 4.98 Å². The average molecular weight is 199 g/mol. The zero-order valence-electron chi connectivity index (χ0n) is 8.79. The Morgan fingerprint density at radius 2 is 2.13 bits per heavy atom. The first-order valence-corrected chi connectivity index (χ1v) is 5.33. The molecule has 15 heavy (non-hydrogen) atoms. The van der Waals surface area contributed by atoms with Gasteiger partial charge in [0.05, 0.1) is 12.6 Å². The lowest BCUT2D eigenvalue weighted by atomic mass is 10.1. The van der Waals surface area contributed by atoms with Crippen LogP contribution < -0.4 is 4.74 Å². The van der Waals surface area contributed by atoms with Gasteiger partial charge in [-0.25, -0.2) is 0 Å². The van der Waals surface area contributed by atoms with Crippen molar-refractivity contribution in [2.75, 3.05) is 7.11 Å². The molecule has 2 aromatic rings. The van der Waals surface area contributed by atoms with Crippen molar-refractivity contribution in [3.63, 3.8) is 0 Å². The summed E-state index contributed by atoms with van der Waals surface area (Å²) < 4.78 is 5.20. The number of methoxy groups -OCH3 is 1. The summed E-state index contributed by atoms with van der Waals surface area (Å²) in [6.07, 6.45) is 3.56. The maximum absolute atomic E-state index is 5.20. The second-order valence-corrected chi connectivity index (χ2v) is 4.01. The zero-order chi connectivity index (χ0) is 10.3. The quantitative estimate of drug-likeness (QED) is 0.704. The Balaban J connectivity index is 2.24. The van der Waals surface area contributed by atoms with Gasteiger partial charge in [0.25, 0.3) is 0 Å². The topological polar surface area (TPSA) is 22.1 Å². The molecule has 1 aliphatic carbocycles. The predicted molar refractivity (Wildman–Crippen MR) is 60.3 cm³/mol. The average Bonchev–Trinajstić information content (AvgIpc) is 2.72. The zero-order valence-corrected chi connectivity index (χ0v) is 8.79. The van der Waals surface area contributed by atoms with Crippen molar-refractivity contribution in [2.24, 2.45) is 0 Å². The Hall–Kier alpha value is -1.57. The molecular weight excluding hydrogens is 186 g/mol. The second kappa shape index (κ2) is 3.23. The maximum atomic E-state index is 5.20. The monoisotopic (exact) mass is 199 g/mol. The summed E-state index contributed by atoms with van der Waals surface area (Å²) in [4.78, 5) is 4.68. The Morgan fingerprint density at radius 1 is 1.20 bits per heavy atom. The summed E-state index contributed by atoms with van der Waals surface area (Å²) in [6, 6.07) is 8.35. The molecule has 1 aliphatic rings. The highest BCUT2D eigenvalue weighted by Gasteiger charge is 2.13. The number of aryl methyl sites for hydroxylation is 2. The van der Waals surface area contributed by atoms with Gasteiger partial charge in [0.15, 0.2) is 0 Å². The highest BCUT2D eigenvalue weighted by Crippen LogP contribution is 2.26. The highest BCUT2D eigenvalue weighted by molar-refractivity contribution is 5.81. The van der Waals surface area contributed by atoms with Gasteiger partial charge in [-0.2, -0.15) is 0 Å². The van der Waals surface area contributed by atoms with E-state index < -0.39 is 0 Å². The van der Waals surface area contributed by atoms with Crippen molar-refractivity contribution >= 4 is 10.9 Å². The van der Waals surface area contributed by atoms with E-state index >= 15 is 0 Å². The summed E-state index contributed by atoms with van der Waals surface area (Å²) in [5, 5.41) is 1.22. The largest absolute Gasteiger partial charge is 0.497 e. The highest BCUT2D eigenvalue weighted by atomic mass is 16.5. The smallest absolute Gasteiger partial charge is 0.121 e. The molecule has 3 rings (SSSR count). The standard InChI is InChI=1S/C13H13NO/c1-15-11-6-5-10-7-9-3-2-4-12(9)14-13(10)8-11/h5-8H,2-4H2,1H3. The number of fused-ring (bicyclic) bond motifs is 2. The van der Waals surface area contributed by atoms with Gasteiger partial charge in [0.2, 0.25) is 0 Å². The van der Waals surface area contributed by atoms with Crippen molar-refractivity contribution in [1.82, 2.24) is 4.98 Å². The third-order valence-electron chi connectivity index (χ3n) is 3.05. The van der Waals surface area contributed by atoms with Gasteiger partial charge in [0.1, 0.15) is 5.75 Å². The molecule has 0 saturated heterocycles. The molecule has 0 saturated carbocycles. The van der Waals surface area contributed by atoms with Crippen LogP contribution in [0, 0.1) is 0 Å². The molecule has 0 unspecified atom stereocenters. The molecule has 0 bridgehead atoms. The summed E-state index contributed by atoms with van der Waals surface area (Å²) in [7, 11) is 1.69. The SMILES string of the molecule is COc1ccc2cc3c(nc2c1)CCC3. The molecule has 1 aromatic heterocycles. The molecule has 76 valence electrons. The minimum atomic E-state index is 0.882. The normalized spacial score (nSPS) is 14.2. The second-order valence-electron chi connectivity index (χ2n) is 4.01. The minimum Gasteiger partial charge on any atom is -0.497 e. The fraction of sp³-hybridized carbons (Fsp3) is 0.308. The lowest BCUT2D eigenvalue weighted by Crippen LogP contribution is -1.90. The summed E-state index contributed by atoms with van der Waals surface area (Å²) in [5.74, 6) is 0.882. The Morgan fingerprint density at radius 3 is 3.00 bits per heavy atom. The number of ether oxygens (including phenoxy) is 1. The fourth-order valence-corrected chi connectivity index (χ4v) is 2.24. The third kappa shape index (κ3) is 1.37. The van der Waals surface area contributed by atoms with Crippen molar-refractivity contribution in [3.8, 4) is 5.75 Å². The van der Waals surface area contributed by atoms with Crippen LogP contribution in [-0.2, 0) is 12.8 Å². The number of pyridine rings is 1. The minimum absolute atomic E-state index is 0.882. The van der Waals surface area contributed by atoms with Gasteiger partial charge < -0.3 is 4.74 Å². The van der Waals surface area contributed by atoms with Crippen LogP contribution in [0.2, 0.25) is 0 Å². The lowest BCUT2D eigenvalue weighted by Gasteiger charge is -2.04. The molecule has 0 radical (unpaired) electrons. The van der Waals surface area contributed by atoms with Gasteiger partial charge in [0, 0.05) is 17.1 Å². The summed E-state index contributed by atoms with van der Waals surface area (Å²) >= 11 is 0. The van der Waals surface area contributed by atoms with Crippen LogP contribution in [0.3, 0.4) is 0 Å². The first-order valence-electron chi connectivity index (χ1n) is 5.33. The van der Waals surface area contributed by atoms with E-state index in [1.165, 1.54) is 29.5 Å². The summed E-state index contributed by atoms with van der Waals surface area (Å²) in [5.41, 5.74) is 3.75. The van der Waals surface area contributed by atoms with E-state index in [1.54, 1.807) is 7.11 Å². The Labute approximate surface area is 88.9 Å². The van der Waals surface area contributed by atoms with Crippen LogP contribution in [0.25, 0.3) is 10.9 Å². The van der Waals surface area contributed by atoms with Gasteiger partial charge in [-0.1, -0.05) is 0 Å². The van der Waals surface area contributed by atoms with E-state index in [0.717, 1.165) is 17.7 Å². The van der Waals surface area contributed by atoms with E-state index in [0.29, 0.717) is 0 Å². The van der Waals surface area contributed by atoms with Crippen molar-refractivity contribution in [2.45, 2.75) is 19.3 Å². The maximum Gasteiger partial charge on any atom is 0.121 e. The number of benzene rings is 1. The van der Waals surface area contributed by atoms with Crippen molar-refractivity contribution in [1.29, 1.82) is 0 Å². The van der Waals surface area contributed by atoms with Crippen molar-refractivity contribution < 1.29 is 4.74 Å². The first-order chi connectivity index (χ1) is 7.36. The van der Waals surface area contributed by atoms with Crippen LogP contribution in [0.5, 0.6) is 5.75 Å². The Kier molecular flexibility index (Phi) is 1.88. The number of aromatic nitrogens is 1. The number of nitrogens with zero attached hydrogens (tertiary/aromatic N) is 1. The number of hydrogen-bond donors (Lipinski definition) is 0. The fourth-order valence-electron chi connectivity index (χ4n) is 2.24. The molecule has 0 atom stereocenters. The van der Waals surface area contributed by atoms with Crippen LogP contribution in [-0.4, -0.2) is 12.1 Å². The molecule has 1 aromatic carbocycles. The molecule has 0 fully saturated rings. The van der Waals surface area contributed by atoms with Gasteiger partial charge in [-0.05, 0) is 43.0 Å². The molecule has 2 nitrogen and oxygen atoms in total. The molecule has 0 amide bonds. The Bertz CT molecular complexity index is 519. The van der Waals surface area contributed by atoms with E-state index in [9.17, 15) is 0 Å². The van der Waals surface area contributed by atoms with Crippen LogP contribution in [0.15, 0.2) is 24.3 Å². The summed E-state index contributed by atoms with van der Waals surface area (Å²) in [6.45, 7) is 0. The lowest BCUT2D eigenvalue weighted by molar-refractivity contribution is 0.415. The predicted octanol–water partition coefficient (Wildman–Crippen LogP) is 2.73. The van der Waals surface area contributed by atoms with Gasteiger partial charge >= 0.3 is 0 Å². The molecule has 2 heteroatoms. The molecule has 1 heterocycles. The third-order valence-corrected chi connectivity index (χ3v) is 3.05.